The van der Waals surface area contributed by atoms with Gasteiger partial charge in [0, 0.05) is 22.7 Å². The molecule has 0 saturated carbocycles. The van der Waals surface area contributed by atoms with E-state index in [2.05, 4.69) is 5.32 Å². The van der Waals surface area contributed by atoms with E-state index in [0.717, 1.165) is 22.4 Å². The number of benzene rings is 3. The number of ether oxygens (including phenoxy) is 1. The molecule has 0 bridgehead atoms. The fourth-order valence-electron chi connectivity index (χ4n) is 3.33. The number of hydrogen-bond donors (Lipinski definition) is 1. The second kappa shape index (κ2) is 7.49. The minimum absolute atomic E-state index is 0.213. The van der Waals surface area contributed by atoms with E-state index in [4.69, 9.17) is 16.3 Å². The van der Waals surface area contributed by atoms with Gasteiger partial charge in [-0.1, -0.05) is 35.9 Å². The van der Waals surface area contributed by atoms with Crippen molar-refractivity contribution in [1.29, 1.82) is 0 Å². The SMILES string of the molecule is Cc1cccc(NC(=O)c2ccc3c(c2)CC(c2ccc(Cl)cc2)OC3=O)c1. The Bertz CT molecular complexity index is 1060. The van der Waals surface area contributed by atoms with Crippen LogP contribution < -0.4 is 5.32 Å². The van der Waals surface area contributed by atoms with Crippen molar-refractivity contribution in [3.63, 3.8) is 0 Å². The molecule has 1 aliphatic rings. The van der Waals surface area contributed by atoms with E-state index in [1.54, 1.807) is 30.3 Å². The van der Waals surface area contributed by atoms with E-state index in [9.17, 15) is 9.59 Å². The Morgan fingerprint density at radius 1 is 1.07 bits per heavy atom. The van der Waals surface area contributed by atoms with Crippen LogP contribution in [-0.4, -0.2) is 11.9 Å². The molecule has 0 aliphatic carbocycles. The first-order chi connectivity index (χ1) is 13.5. The van der Waals surface area contributed by atoms with Crippen LogP contribution in [0.5, 0.6) is 0 Å². The van der Waals surface area contributed by atoms with Crippen LogP contribution in [0.3, 0.4) is 0 Å². The number of hydrogen-bond acceptors (Lipinski definition) is 3. The van der Waals surface area contributed by atoms with Crippen LogP contribution in [-0.2, 0) is 11.2 Å². The molecule has 0 saturated heterocycles. The molecule has 1 amide bonds. The Hall–Kier alpha value is -3.11. The summed E-state index contributed by atoms with van der Waals surface area (Å²) in [5.41, 5.74) is 4.48. The summed E-state index contributed by atoms with van der Waals surface area (Å²) in [5.74, 6) is -0.595. The van der Waals surface area contributed by atoms with Crippen LogP contribution in [0.15, 0.2) is 66.7 Å². The first kappa shape index (κ1) is 18.3. The Morgan fingerprint density at radius 3 is 2.61 bits per heavy atom. The molecule has 0 aromatic heterocycles. The zero-order chi connectivity index (χ0) is 19.7. The Kier molecular flexibility index (Phi) is 4.88. The lowest BCUT2D eigenvalue weighted by molar-refractivity contribution is 0.0252. The maximum absolute atomic E-state index is 12.6. The van der Waals surface area contributed by atoms with E-state index < -0.39 is 6.10 Å². The highest BCUT2D eigenvalue weighted by Gasteiger charge is 2.28. The maximum atomic E-state index is 12.6. The average molecular weight is 392 g/mol. The Morgan fingerprint density at radius 2 is 1.86 bits per heavy atom. The average Bonchev–Trinajstić information content (AvgIpc) is 2.68. The summed E-state index contributed by atoms with van der Waals surface area (Å²) in [6.07, 6.45) is 0.112. The lowest BCUT2D eigenvalue weighted by Crippen LogP contribution is -2.23. The van der Waals surface area contributed by atoms with Gasteiger partial charge in [0.25, 0.3) is 5.91 Å². The standard InChI is InChI=1S/C23H18ClNO3/c1-14-3-2-4-19(11-14)25-22(26)16-7-10-20-17(12-16)13-21(28-23(20)27)15-5-8-18(24)9-6-15/h2-12,21H,13H2,1H3,(H,25,26). The molecule has 28 heavy (non-hydrogen) atoms. The topological polar surface area (TPSA) is 55.4 Å². The molecule has 3 aromatic carbocycles. The molecule has 4 nitrogen and oxygen atoms in total. The van der Waals surface area contributed by atoms with Gasteiger partial charge >= 0.3 is 5.97 Å². The summed E-state index contributed by atoms with van der Waals surface area (Å²) in [7, 11) is 0. The van der Waals surface area contributed by atoms with Crippen molar-refractivity contribution in [3.05, 3.63) is 99.6 Å². The number of anilines is 1. The number of fused-ring (bicyclic) bond motifs is 1. The van der Waals surface area contributed by atoms with Crippen LogP contribution in [0.1, 0.15) is 43.5 Å². The molecule has 0 spiro atoms. The highest BCUT2D eigenvalue weighted by molar-refractivity contribution is 6.30. The van der Waals surface area contributed by atoms with E-state index in [0.29, 0.717) is 22.6 Å². The molecule has 1 atom stereocenters. The van der Waals surface area contributed by atoms with Crippen LogP contribution in [0, 0.1) is 6.92 Å². The maximum Gasteiger partial charge on any atom is 0.339 e. The smallest absolute Gasteiger partial charge is 0.339 e. The third kappa shape index (κ3) is 3.78. The predicted octanol–water partition coefficient (Wildman–Crippen LogP) is 5.35. The number of halogens is 1. The number of aryl methyl sites for hydroxylation is 1. The summed E-state index contributed by atoms with van der Waals surface area (Å²) < 4.78 is 5.57. The van der Waals surface area contributed by atoms with Crippen LogP contribution >= 0.6 is 11.6 Å². The van der Waals surface area contributed by atoms with E-state index in [1.807, 2.05) is 43.3 Å². The van der Waals surface area contributed by atoms with Crippen LogP contribution in [0.2, 0.25) is 5.02 Å². The second-order valence-electron chi connectivity index (χ2n) is 6.85. The molecule has 1 unspecified atom stereocenters. The summed E-state index contributed by atoms with van der Waals surface area (Å²) in [4.78, 5) is 25.0. The zero-order valence-electron chi connectivity index (χ0n) is 15.2. The summed E-state index contributed by atoms with van der Waals surface area (Å²) in [5, 5.41) is 3.52. The molecule has 3 aromatic rings. The van der Waals surface area contributed by atoms with Gasteiger partial charge in [-0.2, -0.15) is 0 Å². The Balaban J connectivity index is 1.58. The summed E-state index contributed by atoms with van der Waals surface area (Å²) >= 11 is 5.94. The van der Waals surface area contributed by atoms with Crippen molar-refractivity contribution < 1.29 is 14.3 Å². The van der Waals surface area contributed by atoms with E-state index in [-0.39, 0.29) is 11.9 Å². The van der Waals surface area contributed by atoms with Gasteiger partial charge < -0.3 is 10.1 Å². The molecule has 1 heterocycles. The second-order valence-corrected chi connectivity index (χ2v) is 7.28. The van der Waals surface area contributed by atoms with Gasteiger partial charge in [0.05, 0.1) is 5.56 Å². The first-order valence-corrected chi connectivity index (χ1v) is 9.35. The van der Waals surface area contributed by atoms with Gasteiger partial charge in [0.15, 0.2) is 0 Å². The summed E-state index contributed by atoms with van der Waals surface area (Å²) in [6, 6.07) is 19.9. The fraction of sp³-hybridized carbons (Fsp3) is 0.130. The third-order valence-electron chi connectivity index (χ3n) is 4.76. The molecule has 1 N–H and O–H groups in total. The van der Waals surface area contributed by atoms with Gasteiger partial charge in [0.1, 0.15) is 6.10 Å². The number of nitrogens with one attached hydrogen (secondary N) is 1. The zero-order valence-corrected chi connectivity index (χ0v) is 16.0. The minimum Gasteiger partial charge on any atom is -0.454 e. The molecule has 5 heteroatoms. The molecule has 0 fully saturated rings. The lowest BCUT2D eigenvalue weighted by atomic mass is 9.93. The predicted molar refractivity (Wildman–Crippen MR) is 109 cm³/mol. The van der Waals surface area contributed by atoms with Gasteiger partial charge in [-0.25, -0.2) is 4.79 Å². The molecule has 1 aliphatic heterocycles. The molecular weight excluding hydrogens is 374 g/mol. The monoisotopic (exact) mass is 391 g/mol. The van der Waals surface area contributed by atoms with Crippen molar-refractivity contribution in [2.24, 2.45) is 0 Å². The quantitative estimate of drug-likeness (QED) is 0.612. The van der Waals surface area contributed by atoms with Gasteiger partial charge in [-0.05, 0) is 66.1 Å². The number of rotatable bonds is 3. The number of amides is 1. The highest BCUT2D eigenvalue weighted by atomic mass is 35.5. The van der Waals surface area contributed by atoms with Crippen molar-refractivity contribution >= 4 is 29.2 Å². The fourth-order valence-corrected chi connectivity index (χ4v) is 3.45. The number of carbonyl (C=O) groups is 2. The van der Waals surface area contributed by atoms with Gasteiger partial charge in [0.2, 0.25) is 0 Å². The number of cyclic esters (lactones) is 1. The Labute approximate surface area is 168 Å². The third-order valence-corrected chi connectivity index (χ3v) is 5.01. The van der Waals surface area contributed by atoms with Crippen molar-refractivity contribution in [2.75, 3.05) is 5.32 Å². The summed E-state index contributed by atoms with van der Waals surface area (Å²) in [6.45, 7) is 1.97. The van der Waals surface area contributed by atoms with Crippen molar-refractivity contribution in [2.45, 2.75) is 19.4 Å². The minimum atomic E-state index is -0.396. The van der Waals surface area contributed by atoms with E-state index in [1.165, 1.54) is 0 Å². The molecular formula is C23H18ClNO3. The molecule has 140 valence electrons. The van der Waals surface area contributed by atoms with Gasteiger partial charge in [-0.3, -0.25) is 4.79 Å². The molecule has 0 radical (unpaired) electrons. The largest absolute Gasteiger partial charge is 0.454 e. The van der Waals surface area contributed by atoms with Crippen LogP contribution in [0.4, 0.5) is 5.69 Å². The first-order valence-electron chi connectivity index (χ1n) is 8.97. The van der Waals surface area contributed by atoms with Gasteiger partial charge in [-0.15, -0.1) is 0 Å². The lowest BCUT2D eigenvalue weighted by Gasteiger charge is -2.25. The number of esters is 1. The van der Waals surface area contributed by atoms with E-state index >= 15 is 0 Å². The molecule has 4 rings (SSSR count). The van der Waals surface area contributed by atoms with Crippen LogP contribution in [0.25, 0.3) is 0 Å². The number of carbonyl (C=O) groups excluding carboxylic acids is 2. The normalized spacial score (nSPS) is 15.5. The van der Waals surface area contributed by atoms with Crippen molar-refractivity contribution in [3.8, 4) is 0 Å². The highest BCUT2D eigenvalue weighted by Crippen LogP contribution is 2.31. The van der Waals surface area contributed by atoms with Crippen molar-refractivity contribution in [1.82, 2.24) is 0 Å².